The molecule has 0 saturated carbocycles. The van der Waals surface area contributed by atoms with Gasteiger partial charge < -0.3 is 0 Å². The first-order chi connectivity index (χ1) is 4.12. The third-order valence-electron chi connectivity index (χ3n) is 0.557. The van der Waals surface area contributed by atoms with Crippen LogP contribution < -0.4 is 27.4 Å². The summed E-state index contributed by atoms with van der Waals surface area (Å²) in [4.78, 5) is 0. The Bertz CT molecular complexity index is 154. The van der Waals surface area contributed by atoms with E-state index in [1.807, 2.05) is 0 Å². The molecule has 0 aromatic carbocycles. The third-order valence-corrected chi connectivity index (χ3v) is 4.31. The fourth-order valence-electron chi connectivity index (χ4n) is 0.138. The molecular formula is C3H9INO3S-. The predicted molar refractivity (Wildman–Crippen MR) is 29.6 cm³/mol. The van der Waals surface area contributed by atoms with Crippen molar-refractivity contribution in [3.63, 3.8) is 0 Å². The van der Waals surface area contributed by atoms with E-state index in [1.54, 1.807) is 0 Å². The second-order valence-electron chi connectivity index (χ2n) is 1.17. The molecule has 0 rings (SSSR count). The summed E-state index contributed by atoms with van der Waals surface area (Å²) < 4.78 is 25.8. The van der Waals surface area contributed by atoms with Crippen LogP contribution in [-0.4, -0.2) is 18.7 Å². The van der Waals surface area contributed by atoms with E-state index in [-0.39, 0.29) is 5.75 Å². The number of hydrogen-bond acceptors (Lipinski definition) is 4. The van der Waals surface area contributed by atoms with Crippen LogP contribution in [0.3, 0.4) is 0 Å². The molecule has 0 aliphatic rings. The summed E-state index contributed by atoms with van der Waals surface area (Å²) in [5.74, 6) is 0.0344. The Balaban J connectivity index is 3.61. The second kappa shape index (κ2) is 4.42. The molecule has 2 N–H and O–H groups in total. The Morgan fingerprint density at radius 2 is 2.22 bits per heavy atom. The van der Waals surface area contributed by atoms with Crippen LogP contribution in [0.1, 0.15) is 6.92 Å². The van der Waals surface area contributed by atoms with Crippen molar-refractivity contribution in [1.29, 1.82) is 0 Å². The molecule has 0 spiro atoms. The second-order valence-corrected chi connectivity index (χ2v) is 5.57. The van der Waals surface area contributed by atoms with Gasteiger partial charge in [-0.1, -0.05) is 0 Å². The van der Waals surface area contributed by atoms with E-state index in [4.69, 9.17) is 5.73 Å². The fourth-order valence-corrected chi connectivity index (χ4v) is 2.78. The SMILES string of the molecule is CCS(=O)(=O)O[I-]CN. The van der Waals surface area contributed by atoms with Crippen molar-refractivity contribution in [2.24, 2.45) is 5.73 Å². The van der Waals surface area contributed by atoms with E-state index in [1.165, 1.54) is 6.92 Å². The van der Waals surface area contributed by atoms with Crippen LogP contribution in [0, 0.1) is 0 Å². The van der Waals surface area contributed by atoms with Gasteiger partial charge in [-0.3, -0.25) is 0 Å². The molecule has 58 valence electrons. The van der Waals surface area contributed by atoms with Gasteiger partial charge in [-0.2, -0.15) is 0 Å². The van der Waals surface area contributed by atoms with Gasteiger partial charge in [0.15, 0.2) is 0 Å². The monoisotopic (exact) mass is 266 g/mol. The molecule has 0 unspecified atom stereocenters. The molecule has 0 fully saturated rings. The van der Waals surface area contributed by atoms with E-state index in [0.29, 0.717) is 4.55 Å². The van der Waals surface area contributed by atoms with E-state index in [2.05, 4.69) is 2.51 Å². The standard InChI is InChI=1S/C3H9INO3S/c1-2-9(6,7)8-4-3-5/h2-3,5H2,1H3/q-1. The zero-order chi connectivity index (χ0) is 7.33. The molecule has 9 heavy (non-hydrogen) atoms. The summed E-state index contributed by atoms with van der Waals surface area (Å²) in [6, 6.07) is 0. The van der Waals surface area contributed by atoms with Crippen LogP contribution in [0.2, 0.25) is 0 Å². The quantitative estimate of drug-likeness (QED) is 0.323. The van der Waals surface area contributed by atoms with E-state index < -0.39 is 31.7 Å². The van der Waals surface area contributed by atoms with E-state index >= 15 is 0 Å². The fraction of sp³-hybridized carbons (Fsp3) is 1.00. The summed E-state index contributed by atoms with van der Waals surface area (Å²) in [7, 11) is -3.21. The van der Waals surface area contributed by atoms with Crippen molar-refractivity contribution in [3.8, 4) is 0 Å². The Labute approximate surface area is 65.7 Å². The van der Waals surface area contributed by atoms with Crippen LogP contribution >= 0.6 is 0 Å². The van der Waals surface area contributed by atoms with Gasteiger partial charge in [-0.25, -0.2) is 0 Å². The zero-order valence-corrected chi connectivity index (χ0v) is 7.98. The summed E-state index contributed by atoms with van der Waals surface area (Å²) in [6.45, 7) is 1.54. The van der Waals surface area contributed by atoms with Gasteiger partial charge >= 0.3 is 65.6 Å². The molecule has 0 heterocycles. The molecule has 0 aliphatic heterocycles. The zero-order valence-electron chi connectivity index (χ0n) is 5.00. The molecule has 0 atom stereocenters. The summed E-state index contributed by atoms with van der Waals surface area (Å²) in [6.07, 6.45) is 0. The van der Waals surface area contributed by atoms with E-state index in [9.17, 15) is 8.42 Å². The molecule has 6 heteroatoms. The normalized spacial score (nSPS) is 12.2. The summed E-state index contributed by atoms with van der Waals surface area (Å²) in [5, 5.41) is 0. The minimum atomic E-state index is -3.21. The molecule has 0 aromatic rings. The van der Waals surface area contributed by atoms with Gasteiger partial charge in [-0.15, -0.1) is 0 Å². The number of alkyl halides is 1. The molecule has 0 aliphatic carbocycles. The maximum absolute atomic E-state index is 10.5. The average molecular weight is 266 g/mol. The Morgan fingerprint density at radius 1 is 1.67 bits per heavy atom. The molecule has 0 radical (unpaired) electrons. The first-order valence-corrected chi connectivity index (χ1v) is 6.31. The average Bonchev–Trinajstić information content (AvgIpc) is 1.84. The Morgan fingerprint density at radius 3 is 2.56 bits per heavy atom. The molecule has 4 nitrogen and oxygen atoms in total. The topological polar surface area (TPSA) is 69.4 Å². The van der Waals surface area contributed by atoms with Gasteiger partial charge in [0.25, 0.3) is 0 Å². The van der Waals surface area contributed by atoms with Crippen LogP contribution in [0.15, 0.2) is 0 Å². The first kappa shape index (κ1) is 9.60. The maximum atomic E-state index is 10.5. The van der Waals surface area contributed by atoms with Crippen molar-refractivity contribution in [3.05, 3.63) is 0 Å². The van der Waals surface area contributed by atoms with Gasteiger partial charge in [0.05, 0.1) is 0 Å². The van der Waals surface area contributed by atoms with Gasteiger partial charge in [-0.05, 0) is 0 Å². The predicted octanol–water partition coefficient (Wildman–Crippen LogP) is -3.73. The third kappa shape index (κ3) is 5.07. The Hall–Kier alpha value is 0.600. The number of nitrogens with two attached hydrogens (primary N) is 1. The number of rotatable bonds is 4. The summed E-state index contributed by atoms with van der Waals surface area (Å²) in [5.41, 5.74) is 5.05. The molecular weight excluding hydrogens is 257 g/mol. The van der Waals surface area contributed by atoms with Crippen LogP contribution in [0.25, 0.3) is 0 Å². The van der Waals surface area contributed by atoms with Gasteiger partial charge in [0.2, 0.25) is 0 Å². The van der Waals surface area contributed by atoms with Crippen molar-refractivity contribution < 1.29 is 32.6 Å². The van der Waals surface area contributed by atoms with Crippen LogP contribution in [-0.2, 0) is 12.6 Å². The molecule has 0 bridgehead atoms. The Kier molecular flexibility index (Phi) is 4.72. The number of hydrogen-bond donors (Lipinski definition) is 1. The summed E-state index contributed by atoms with van der Waals surface area (Å²) >= 11 is -0.778. The molecule has 0 saturated heterocycles. The van der Waals surface area contributed by atoms with Crippen LogP contribution in [0.5, 0.6) is 0 Å². The minimum absolute atomic E-state index is 0.0344. The molecule has 0 amide bonds. The van der Waals surface area contributed by atoms with Gasteiger partial charge in [0, 0.05) is 0 Å². The first-order valence-electron chi connectivity index (χ1n) is 2.33. The van der Waals surface area contributed by atoms with Crippen molar-refractivity contribution in [2.75, 3.05) is 10.3 Å². The van der Waals surface area contributed by atoms with Crippen molar-refractivity contribution in [1.82, 2.24) is 0 Å². The molecule has 0 aromatic heterocycles. The van der Waals surface area contributed by atoms with Crippen LogP contribution in [0.4, 0.5) is 0 Å². The van der Waals surface area contributed by atoms with E-state index in [0.717, 1.165) is 0 Å². The van der Waals surface area contributed by atoms with Gasteiger partial charge in [0.1, 0.15) is 0 Å². The van der Waals surface area contributed by atoms with Crippen molar-refractivity contribution >= 4 is 10.1 Å². The number of halogens is 1. The van der Waals surface area contributed by atoms with Crippen molar-refractivity contribution in [2.45, 2.75) is 6.92 Å².